The van der Waals surface area contributed by atoms with E-state index in [2.05, 4.69) is 26.8 Å². The van der Waals surface area contributed by atoms with Gasteiger partial charge in [-0.25, -0.2) is 0 Å². The van der Waals surface area contributed by atoms with Crippen LogP contribution in [0.3, 0.4) is 0 Å². The third kappa shape index (κ3) is 2.75. The summed E-state index contributed by atoms with van der Waals surface area (Å²) in [6.45, 7) is 8.38. The number of carbonyl (C=O) groups excluding carboxylic acids is 2. The van der Waals surface area contributed by atoms with Crippen LogP contribution in [-0.4, -0.2) is 23.3 Å². The lowest BCUT2D eigenvalue weighted by atomic mass is 9.58. The van der Waals surface area contributed by atoms with Gasteiger partial charge in [0.05, 0.1) is 0 Å². The van der Waals surface area contributed by atoms with Crippen molar-refractivity contribution in [3.8, 4) is 0 Å². The molecule has 2 saturated carbocycles. The molecule has 0 spiro atoms. The lowest BCUT2D eigenvalue weighted by Crippen LogP contribution is -2.41. The first-order valence-corrected chi connectivity index (χ1v) is 9.72. The van der Waals surface area contributed by atoms with Crippen molar-refractivity contribution in [2.24, 2.45) is 22.2 Å². The molecule has 2 fully saturated rings. The summed E-state index contributed by atoms with van der Waals surface area (Å²) in [6.07, 6.45) is 10.1. The molecule has 3 aliphatic rings. The predicted octanol–water partition coefficient (Wildman–Crippen LogP) is 4.40. The molecule has 138 valence electrons. The molecule has 0 radical (unpaired) electrons. The maximum atomic E-state index is 12.5. The molecule has 3 nitrogen and oxygen atoms in total. The third-order valence-corrected chi connectivity index (χ3v) is 7.99. The van der Waals surface area contributed by atoms with Gasteiger partial charge < -0.3 is 5.11 Å². The second kappa shape index (κ2) is 6.19. The van der Waals surface area contributed by atoms with Gasteiger partial charge in [-0.2, -0.15) is 0 Å². The quantitative estimate of drug-likeness (QED) is 0.772. The summed E-state index contributed by atoms with van der Waals surface area (Å²) in [5.74, 6) is 0.940. The summed E-state index contributed by atoms with van der Waals surface area (Å²) in [7, 11) is 0. The topological polar surface area (TPSA) is 54.4 Å². The van der Waals surface area contributed by atoms with Crippen molar-refractivity contribution in [2.75, 3.05) is 6.61 Å². The fourth-order valence-corrected chi connectivity index (χ4v) is 5.79. The first-order chi connectivity index (χ1) is 11.7. The molecule has 25 heavy (non-hydrogen) atoms. The minimum Gasteiger partial charge on any atom is -0.396 e. The standard InChI is InChI=1S/C22H32O3/c1-15(24)21(3)10-8-19(22(21,4)11-12-23)16-5-6-17-13-18(25)7-9-20(17,2)14-16/h7,9,17,23H,5-6,8,10-14H2,1-4H3/b19-16-. The SMILES string of the molecule is CC(=O)C1(C)CC/C(=C2\CCC3CC(=O)C=CC3(C)C2)C1(C)CCO. The molecule has 3 heteroatoms. The van der Waals surface area contributed by atoms with Gasteiger partial charge in [-0.3, -0.25) is 9.59 Å². The lowest BCUT2D eigenvalue weighted by Gasteiger charge is -2.46. The van der Waals surface area contributed by atoms with E-state index < -0.39 is 0 Å². The Kier molecular flexibility index (Phi) is 4.60. The highest BCUT2D eigenvalue weighted by molar-refractivity contribution is 5.91. The number of fused-ring (bicyclic) bond motifs is 1. The van der Waals surface area contributed by atoms with E-state index >= 15 is 0 Å². The van der Waals surface area contributed by atoms with Crippen molar-refractivity contribution in [1.29, 1.82) is 0 Å². The molecular formula is C22H32O3. The Morgan fingerprint density at radius 1 is 1.28 bits per heavy atom. The fraction of sp³-hybridized carbons (Fsp3) is 0.727. The Labute approximate surface area is 151 Å². The smallest absolute Gasteiger partial charge is 0.155 e. The largest absolute Gasteiger partial charge is 0.396 e. The van der Waals surface area contributed by atoms with Crippen LogP contribution >= 0.6 is 0 Å². The number of ketones is 2. The Bertz CT molecular complexity index is 658. The number of aliphatic hydroxyl groups is 1. The van der Waals surface area contributed by atoms with Crippen molar-refractivity contribution in [2.45, 2.75) is 72.6 Å². The molecule has 0 aromatic rings. The average molecular weight is 344 g/mol. The first kappa shape index (κ1) is 18.6. The highest BCUT2D eigenvalue weighted by atomic mass is 16.3. The van der Waals surface area contributed by atoms with E-state index in [9.17, 15) is 14.7 Å². The van der Waals surface area contributed by atoms with Crippen LogP contribution in [0.5, 0.6) is 0 Å². The van der Waals surface area contributed by atoms with Crippen LogP contribution in [0, 0.1) is 22.2 Å². The number of hydrogen-bond acceptors (Lipinski definition) is 3. The minimum atomic E-state index is -0.381. The third-order valence-electron chi connectivity index (χ3n) is 7.99. The summed E-state index contributed by atoms with van der Waals surface area (Å²) in [5, 5.41) is 9.71. The zero-order valence-electron chi connectivity index (χ0n) is 16.2. The molecule has 1 N–H and O–H groups in total. The number of allylic oxidation sites excluding steroid dienone is 4. The molecule has 0 amide bonds. The number of carbonyl (C=O) groups is 2. The number of Topliss-reactive ketones (excluding diaryl/α,β-unsaturated/α-hetero) is 1. The van der Waals surface area contributed by atoms with Crippen LogP contribution in [0.25, 0.3) is 0 Å². The van der Waals surface area contributed by atoms with Crippen molar-refractivity contribution in [3.63, 3.8) is 0 Å². The molecule has 4 unspecified atom stereocenters. The molecule has 0 bridgehead atoms. The molecule has 0 saturated heterocycles. The van der Waals surface area contributed by atoms with Crippen molar-refractivity contribution in [1.82, 2.24) is 0 Å². The molecule has 0 aromatic heterocycles. The molecule has 3 aliphatic carbocycles. The normalized spacial score (nSPS) is 44.0. The van der Waals surface area contributed by atoms with E-state index in [0.717, 1.165) is 32.1 Å². The number of rotatable bonds is 3. The van der Waals surface area contributed by atoms with Crippen LogP contribution in [0.4, 0.5) is 0 Å². The van der Waals surface area contributed by atoms with Gasteiger partial charge in [0.15, 0.2) is 5.78 Å². The zero-order chi connectivity index (χ0) is 18.5. The van der Waals surface area contributed by atoms with Crippen molar-refractivity contribution >= 4 is 11.6 Å². The second-order valence-corrected chi connectivity index (χ2v) is 9.20. The highest BCUT2D eigenvalue weighted by Gasteiger charge is 2.55. The Morgan fingerprint density at radius 3 is 2.64 bits per heavy atom. The number of aliphatic hydroxyl groups excluding tert-OH is 1. The summed E-state index contributed by atoms with van der Waals surface area (Å²) in [4.78, 5) is 24.2. The first-order valence-electron chi connectivity index (χ1n) is 9.72. The highest BCUT2D eigenvalue weighted by Crippen LogP contribution is 2.61. The van der Waals surface area contributed by atoms with Crippen LogP contribution in [0.15, 0.2) is 23.3 Å². The summed E-state index contributed by atoms with van der Waals surface area (Å²) in [6, 6.07) is 0. The molecule has 3 rings (SSSR count). The van der Waals surface area contributed by atoms with Crippen LogP contribution < -0.4 is 0 Å². The van der Waals surface area contributed by atoms with E-state index in [-0.39, 0.29) is 34.4 Å². The molecule has 0 heterocycles. The fourth-order valence-electron chi connectivity index (χ4n) is 5.79. The minimum absolute atomic E-state index is 0.0594. The van der Waals surface area contributed by atoms with Gasteiger partial charge in [-0.1, -0.05) is 38.0 Å². The molecular weight excluding hydrogens is 312 g/mol. The van der Waals surface area contributed by atoms with Gasteiger partial charge in [0.2, 0.25) is 0 Å². The molecule has 4 atom stereocenters. The predicted molar refractivity (Wildman–Crippen MR) is 99.1 cm³/mol. The van der Waals surface area contributed by atoms with E-state index in [0.29, 0.717) is 18.8 Å². The van der Waals surface area contributed by atoms with E-state index in [1.54, 1.807) is 13.0 Å². The Hall–Kier alpha value is -1.22. The van der Waals surface area contributed by atoms with Crippen LogP contribution in [0.2, 0.25) is 0 Å². The summed E-state index contributed by atoms with van der Waals surface area (Å²) in [5.41, 5.74) is 2.33. The van der Waals surface area contributed by atoms with E-state index in [1.165, 1.54) is 11.1 Å². The second-order valence-electron chi connectivity index (χ2n) is 9.20. The number of hydrogen-bond donors (Lipinski definition) is 1. The van der Waals surface area contributed by atoms with Crippen LogP contribution in [-0.2, 0) is 9.59 Å². The van der Waals surface area contributed by atoms with Gasteiger partial charge in [0.25, 0.3) is 0 Å². The molecule has 0 aromatic carbocycles. The Balaban J connectivity index is 2.01. The Morgan fingerprint density at radius 2 is 2.00 bits per heavy atom. The van der Waals surface area contributed by atoms with Crippen LogP contribution in [0.1, 0.15) is 72.6 Å². The van der Waals surface area contributed by atoms with Gasteiger partial charge in [-0.05, 0) is 62.9 Å². The van der Waals surface area contributed by atoms with E-state index in [4.69, 9.17) is 0 Å². The van der Waals surface area contributed by atoms with Gasteiger partial charge in [0, 0.05) is 23.9 Å². The van der Waals surface area contributed by atoms with Gasteiger partial charge in [-0.15, -0.1) is 0 Å². The van der Waals surface area contributed by atoms with E-state index in [1.807, 2.05) is 0 Å². The van der Waals surface area contributed by atoms with Gasteiger partial charge in [0.1, 0.15) is 5.78 Å². The zero-order valence-corrected chi connectivity index (χ0v) is 16.2. The maximum Gasteiger partial charge on any atom is 0.155 e. The van der Waals surface area contributed by atoms with Crippen molar-refractivity contribution < 1.29 is 14.7 Å². The van der Waals surface area contributed by atoms with Crippen molar-refractivity contribution in [3.05, 3.63) is 23.3 Å². The van der Waals surface area contributed by atoms with Gasteiger partial charge >= 0.3 is 0 Å². The maximum absolute atomic E-state index is 12.5. The lowest BCUT2D eigenvalue weighted by molar-refractivity contribution is -0.130. The summed E-state index contributed by atoms with van der Waals surface area (Å²) < 4.78 is 0. The molecule has 0 aliphatic heterocycles. The summed E-state index contributed by atoms with van der Waals surface area (Å²) >= 11 is 0. The average Bonchev–Trinajstić information content (AvgIpc) is 2.81. The monoisotopic (exact) mass is 344 g/mol.